The van der Waals surface area contributed by atoms with Crippen LogP contribution in [0.15, 0.2) is 55.1 Å². The number of ether oxygens (including phenoxy) is 1. The van der Waals surface area contributed by atoms with Crippen molar-refractivity contribution >= 4 is 28.2 Å². The molecule has 3 aromatic rings. The van der Waals surface area contributed by atoms with Gasteiger partial charge in [-0.15, -0.1) is 0 Å². The Labute approximate surface area is 253 Å². The van der Waals surface area contributed by atoms with E-state index in [9.17, 15) is 15.3 Å². The number of rotatable bonds is 7. The second-order valence-corrected chi connectivity index (χ2v) is 11.6. The van der Waals surface area contributed by atoms with Crippen molar-refractivity contribution in [1.82, 2.24) is 14.8 Å². The number of piperazine rings is 1. The van der Waals surface area contributed by atoms with Crippen molar-refractivity contribution in [3.63, 3.8) is 0 Å². The smallest absolute Gasteiger partial charge is 0.246 e. The number of pyridine rings is 1. The molecule has 3 aliphatic rings. The van der Waals surface area contributed by atoms with E-state index in [0.717, 1.165) is 55.0 Å². The first-order valence-corrected chi connectivity index (χ1v) is 15.1. The van der Waals surface area contributed by atoms with Crippen molar-refractivity contribution in [3.05, 3.63) is 71.8 Å². The number of nitriles is 2. The minimum atomic E-state index is -0.273. The van der Waals surface area contributed by atoms with Gasteiger partial charge in [0.25, 0.3) is 0 Å². The molecule has 0 N–H and O–H groups in total. The number of amides is 1. The highest BCUT2D eigenvalue weighted by Crippen LogP contribution is 2.38. The van der Waals surface area contributed by atoms with E-state index in [1.54, 1.807) is 4.90 Å². The van der Waals surface area contributed by atoms with Gasteiger partial charge in [-0.1, -0.05) is 43.0 Å². The van der Waals surface area contributed by atoms with Crippen molar-refractivity contribution in [2.24, 2.45) is 0 Å². The van der Waals surface area contributed by atoms with Gasteiger partial charge in [0.05, 0.1) is 18.5 Å². The normalized spacial score (nSPS) is 20.4. The summed E-state index contributed by atoms with van der Waals surface area (Å²) in [5.74, 6) is 1.01. The van der Waals surface area contributed by atoms with Gasteiger partial charge in [-0.05, 0) is 50.4 Å². The minimum Gasteiger partial charge on any atom is -0.475 e. The fourth-order valence-corrected chi connectivity index (χ4v) is 6.86. The van der Waals surface area contributed by atoms with Crippen LogP contribution in [0.2, 0.25) is 0 Å². The Kier molecular flexibility index (Phi) is 8.18. The van der Waals surface area contributed by atoms with E-state index < -0.39 is 0 Å². The van der Waals surface area contributed by atoms with Gasteiger partial charge < -0.3 is 24.3 Å². The number of aromatic nitrogens is 1. The monoisotopic (exact) mass is 575 g/mol. The van der Waals surface area contributed by atoms with Gasteiger partial charge in [0.1, 0.15) is 24.1 Å². The quantitative estimate of drug-likeness (QED) is 0.386. The van der Waals surface area contributed by atoms with Gasteiger partial charge in [0.15, 0.2) is 0 Å². The zero-order valence-electron chi connectivity index (χ0n) is 24.7. The maximum Gasteiger partial charge on any atom is 0.246 e. The summed E-state index contributed by atoms with van der Waals surface area (Å²) in [6.07, 6.45) is 4.44. The molecule has 2 fully saturated rings. The van der Waals surface area contributed by atoms with Crippen LogP contribution in [0.1, 0.15) is 36.0 Å². The van der Waals surface area contributed by atoms with Crippen molar-refractivity contribution < 1.29 is 9.53 Å². The summed E-state index contributed by atoms with van der Waals surface area (Å²) in [6, 6.07) is 19.5. The van der Waals surface area contributed by atoms with Crippen LogP contribution >= 0.6 is 0 Å². The molecule has 2 atom stereocenters. The van der Waals surface area contributed by atoms with E-state index in [0.29, 0.717) is 44.2 Å². The summed E-state index contributed by atoms with van der Waals surface area (Å²) in [6.45, 7) is 8.04. The van der Waals surface area contributed by atoms with Gasteiger partial charge in [0, 0.05) is 61.0 Å². The van der Waals surface area contributed by atoms with Gasteiger partial charge in [-0.3, -0.25) is 4.79 Å². The molecule has 1 amide bonds. The SMILES string of the molecule is C=CC(=O)N1CCN(c2nc(OCC3CCCN3C)c(C#N)c3c2CCN(c2cccc4ccccc24)C3)C[C@H]1CC#N. The van der Waals surface area contributed by atoms with Crippen LogP contribution in [0.3, 0.4) is 0 Å². The Morgan fingerprint density at radius 3 is 2.67 bits per heavy atom. The lowest BCUT2D eigenvalue weighted by atomic mass is 9.94. The van der Waals surface area contributed by atoms with E-state index >= 15 is 0 Å². The molecule has 220 valence electrons. The van der Waals surface area contributed by atoms with Gasteiger partial charge in [0.2, 0.25) is 11.8 Å². The minimum absolute atomic E-state index is 0.162. The molecule has 0 saturated carbocycles. The molecule has 2 aromatic carbocycles. The molecule has 6 rings (SSSR count). The topological polar surface area (TPSA) is 99.7 Å². The predicted octanol–water partition coefficient (Wildman–Crippen LogP) is 4.26. The van der Waals surface area contributed by atoms with E-state index in [4.69, 9.17) is 9.72 Å². The van der Waals surface area contributed by atoms with Crippen molar-refractivity contribution in [1.29, 1.82) is 10.5 Å². The van der Waals surface area contributed by atoms with Crippen LogP contribution in [0, 0.1) is 22.7 Å². The highest BCUT2D eigenvalue weighted by Gasteiger charge is 2.35. The summed E-state index contributed by atoms with van der Waals surface area (Å²) < 4.78 is 6.39. The lowest BCUT2D eigenvalue weighted by Gasteiger charge is -2.42. The zero-order chi connectivity index (χ0) is 29.9. The highest BCUT2D eigenvalue weighted by molar-refractivity contribution is 5.94. The summed E-state index contributed by atoms with van der Waals surface area (Å²) in [5.41, 5.74) is 3.64. The first kappa shape index (κ1) is 28.5. The van der Waals surface area contributed by atoms with E-state index in [1.165, 1.54) is 16.8 Å². The van der Waals surface area contributed by atoms with Crippen LogP contribution in [0.4, 0.5) is 11.5 Å². The van der Waals surface area contributed by atoms with Crippen molar-refractivity contribution in [2.75, 3.05) is 56.2 Å². The first-order valence-electron chi connectivity index (χ1n) is 15.1. The molecule has 2 saturated heterocycles. The second-order valence-electron chi connectivity index (χ2n) is 11.6. The van der Waals surface area contributed by atoms with Crippen molar-refractivity contribution in [2.45, 2.75) is 44.3 Å². The highest BCUT2D eigenvalue weighted by atomic mass is 16.5. The number of hydrogen-bond donors (Lipinski definition) is 0. The molecule has 1 aromatic heterocycles. The molecule has 0 spiro atoms. The first-order chi connectivity index (χ1) is 21.0. The maximum absolute atomic E-state index is 12.6. The van der Waals surface area contributed by atoms with E-state index in [-0.39, 0.29) is 24.4 Å². The Balaban J connectivity index is 1.39. The number of fused-ring (bicyclic) bond motifs is 2. The number of likely N-dealkylation sites (N-methyl/N-ethyl adjacent to an activating group) is 1. The van der Waals surface area contributed by atoms with Gasteiger partial charge in [-0.2, -0.15) is 15.5 Å². The summed E-state index contributed by atoms with van der Waals surface area (Å²) in [5, 5.41) is 22.4. The number of nitrogens with zero attached hydrogens (tertiary/aromatic N) is 7. The molecule has 43 heavy (non-hydrogen) atoms. The fraction of sp³-hybridized carbons (Fsp3) is 0.412. The molecule has 4 heterocycles. The average Bonchev–Trinajstić information content (AvgIpc) is 3.46. The largest absolute Gasteiger partial charge is 0.475 e. The number of carbonyl (C=O) groups excluding carboxylic acids is 1. The third kappa shape index (κ3) is 5.49. The number of hydrogen-bond acceptors (Lipinski definition) is 8. The average molecular weight is 576 g/mol. The number of likely N-dealkylation sites (tertiary alicyclic amines) is 1. The maximum atomic E-state index is 12.6. The Morgan fingerprint density at radius 1 is 1.07 bits per heavy atom. The molecule has 9 nitrogen and oxygen atoms in total. The summed E-state index contributed by atoms with van der Waals surface area (Å²) >= 11 is 0. The van der Waals surface area contributed by atoms with Crippen molar-refractivity contribution in [3.8, 4) is 18.0 Å². The lowest BCUT2D eigenvalue weighted by Crippen LogP contribution is -2.55. The van der Waals surface area contributed by atoms with Crippen LogP contribution in [0.5, 0.6) is 5.88 Å². The molecule has 1 unspecified atom stereocenters. The molecule has 3 aliphatic heterocycles. The third-order valence-corrected chi connectivity index (χ3v) is 9.21. The van der Waals surface area contributed by atoms with Gasteiger partial charge in [-0.25, -0.2) is 0 Å². The number of benzene rings is 2. The Morgan fingerprint density at radius 2 is 1.91 bits per heavy atom. The number of anilines is 2. The number of carbonyl (C=O) groups is 1. The molecule has 0 bridgehead atoms. The zero-order valence-corrected chi connectivity index (χ0v) is 24.7. The Hall–Kier alpha value is -4.60. The van der Waals surface area contributed by atoms with Crippen LogP contribution < -0.4 is 14.5 Å². The van der Waals surface area contributed by atoms with Crippen LogP contribution in [0.25, 0.3) is 10.8 Å². The van der Waals surface area contributed by atoms with E-state index in [1.807, 2.05) is 0 Å². The molecule has 0 aliphatic carbocycles. The lowest BCUT2D eigenvalue weighted by molar-refractivity contribution is -0.128. The van der Waals surface area contributed by atoms with E-state index in [2.05, 4.69) is 82.9 Å². The third-order valence-electron chi connectivity index (χ3n) is 9.21. The Bertz CT molecular complexity index is 1620. The fourth-order valence-electron chi connectivity index (χ4n) is 6.86. The van der Waals surface area contributed by atoms with Crippen LogP contribution in [-0.4, -0.2) is 79.2 Å². The molecule has 0 radical (unpaired) electrons. The second kappa shape index (κ2) is 12.3. The van der Waals surface area contributed by atoms with Crippen LogP contribution in [-0.2, 0) is 17.8 Å². The standard InChI is InChI=1S/C34H37N7O2/c1-3-32(42)41-19-18-40(21-25(41)13-15-35)33-28-14-17-39(31-12-6-9-24-8-4-5-11-27(24)31)22-30(28)29(20-36)34(37-33)43-23-26-10-7-16-38(26)2/h3-6,8-9,11-12,25-26H,1,7,10,13-14,16-19,21-23H2,2H3/t25-,26?/m1/s1. The summed E-state index contributed by atoms with van der Waals surface area (Å²) in [4.78, 5) is 26.2. The molecule has 9 heteroatoms. The predicted molar refractivity (Wildman–Crippen MR) is 167 cm³/mol. The summed E-state index contributed by atoms with van der Waals surface area (Å²) in [7, 11) is 2.11. The molecular weight excluding hydrogens is 538 g/mol. The molecular formula is C34H37N7O2. The van der Waals surface area contributed by atoms with Gasteiger partial charge >= 0.3 is 0 Å².